The zero-order valence-electron chi connectivity index (χ0n) is 11.0. The molecule has 0 aliphatic rings. The van der Waals surface area contributed by atoms with Gasteiger partial charge in [0.15, 0.2) is 5.78 Å². The molecule has 108 valence electrons. The molecule has 0 bridgehead atoms. The largest absolute Gasteiger partial charge is 0.410 e. The predicted molar refractivity (Wildman–Crippen MR) is 72.9 cm³/mol. The average Bonchev–Trinajstić information content (AvgIpc) is 3.11. The van der Waals surface area contributed by atoms with Gasteiger partial charge in [0, 0.05) is 0 Å². The molecule has 4 aromatic rings. The lowest BCUT2D eigenvalue weighted by atomic mass is 10.0. The van der Waals surface area contributed by atoms with E-state index in [0.29, 0.717) is 20.7 Å². The van der Waals surface area contributed by atoms with Crippen LogP contribution < -0.4 is 0 Å². The zero-order valence-corrected chi connectivity index (χ0v) is 11.0. The van der Waals surface area contributed by atoms with Crippen molar-refractivity contribution in [1.82, 2.24) is 30.3 Å². The SMILES string of the molecule is O=C(c1cccc2c1nnn2O)c1cccc2c1nnn2O. The maximum absolute atomic E-state index is 12.8. The van der Waals surface area contributed by atoms with Crippen LogP contribution in [-0.4, -0.2) is 46.5 Å². The Bertz CT molecular complexity index is 953. The number of carbonyl (C=O) groups excluding carboxylic acids is 1. The molecule has 2 N–H and O–H groups in total. The second-order valence-corrected chi connectivity index (χ2v) is 4.63. The van der Waals surface area contributed by atoms with E-state index in [4.69, 9.17) is 0 Å². The van der Waals surface area contributed by atoms with Crippen molar-refractivity contribution in [2.75, 3.05) is 0 Å². The first kappa shape index (κ1) is 12.3. The highest BCUT2D eigenvalue weighted by Gasteiger charge is 2.20. The number of aromatic nitrogens is 6. The number of fused-ring (bicyclic) bond motifs is 2. The quantitative estimate of drug-likeness (QED) is 0.416. The van der Waals surface area contributed by atoms with Gasteiger partial charge in [-0.3, -0.25) is 4.79 Å². The molecule has 0 aliphatic heterocycles. The van der Waals surface area contributed by atoms with Crippen LogP contribution in [0.5, 0.6) is 0 Å². The summed E-state index contributed by atoms with van der Waals surface area (Å²) in [5, 5.41) is 33.7. The van der Waals surface area contributed by atoms with E-state index < -0.39 is 0 Å². The van der Waals surface area contributed by atoms with Gasteiger partial charge in [0.1, 0.15) is 22.1 Å². The molecule has 0 unspecified atom stereocenters. The van der Waals surface area contributed by atoms with Crippen LogP contribution in [0.3, 0.4) is 0 Å². The van der Waals surface area contributed by atoms with E-state index >= 15 is 0 Å². The predicted octanol–water partition coefficient (Wildman–Crippen LogP) is 0.882. The Kier molecular flexibility index (Phi) is 2.37. The second-order valence-electron chi connectivity index (χ2n) is 4.63. The number of hydrogen-bond acceptors (Lipinski definition) is 7. The minimum absolute atomic E-state index is 0.276. The average molecular weight is 296 g/mol. The number of benzene rings is 2. The van der Waals surface area contributed by atoms with Crippen LogP contribution in [0, 0.1) is 0 Å². The first-order valence-electron chi connectivity index (χ1n) is 6.29. The van der Waals surface area contributed by atoms with Crippen molar-refractivity contribution >= 4 is 27.9 Å². The van der Waals surface area contributed by atoms with Crippen LogP contribution in [-0.2, 0) is 0 Å². The number of nitrogens with zero attached hydrogens (tertiary/aromatic N) is 6. The Morgan fingerprint density at radius 1 is 0.818 bits per heavy atom. The molecule has 0 radical (unpaired) electrons. The fourth-order valence-corrected chi connectivity index (χ4v) is 2.38. The fourth-order valence-electron chi connectivity index (χ4n) is 2.38. The summed E-state index contributed by atoms with van der Waals surface area (Å²) in [6.07, 6.45) is 0. The van der Waals surface area contributed by atoms with Crippen molar-refractivity contribution in [1.29, 1.82) is 0 Å². The van der Waals surface area contributed by atoms with Crippen molar-refractivity contribution < 1.29 is 15.2 Å². The maximum Gasteiger partial charge on any atom is 0.197 e. The van der Waals surface area contributed by atoms with Crippen LogP contribution in [0.15, 0.2) is 36.4 Å². The Morgan fingerprint density at radius 2 is 1.27 bits per heavy atom. The minimum atomic E-state index is -0.350. The van der Waals surface area contributed by atoms with Gasteiger partial charge in [0.05, 0.1) is 11.1 Å². The van der Waals surface area contributed by atoms with Crippen LogP contribution in [0.2, 0.25) is 0 Å². The third kappa shape index (κ3) is 1.56. The molecule has 9 heteroatoms. The molecule has 2 heterocycles. The van der Waals surface area contributed by atoms with Crippen LogP contribution in [0.25, 0.3) is 22.1 Å². The lowest BCUT2D eigenvalue weighted by molar-refractivity contribution is 0.104. The molecular formula is C13H8N6O3. The van der Waals surface area contributed by atoms with Crippen molar-refractivity contribution in [3.05, 3.63) is 47.5 Å². The van der Waals surface area contributed by atoms with E-state index in [9.17, 15) is 15.2 Å². The van der Waals surface area contributed by atoms with Crippen molar-refractivity contribution in [2.45, 2.75) is 0 Å². The number of rotatable bonds is 2. The Morgan fingerprint density at radius 3 is 1.73 bits per heavy atom. The first-order chi connectivity index (χ1) is 10.7. The fraction of sp³-hybridized carbons (Fsp3) is 0. The normalized spacial score (nSPS) is 11.3. The minimum Gasteiger partial charge on any atom is -0.410 e. The molecule has 0 aliphatic carbocycles. The molecule has 0 saturated heterocycles. The standard InChI is InChI=1S/C13H8N6O3/c20-13(7-3-1-5-9-11(7)14-16-18(9)21)8-4-2-6-10-12(8)15-17-19(10)22/h1-6,21-22H. The second kappa shape index (κ2) is 4.25. The first-order valence-corrected chi connectivity index (χ1v) is 6.29. The molecule has 0 fully saturated rings. The van der Waals surface area contributed by atoms with Gasteiger partial charge in [-0.15, -0.1) is 10.2 Å². The van der Waals surface area contributed by atoms with Gasteiger partial charge in [0.25, 0.3) is 0 Å². The molecule has 0 saturated carbocycles. The summed E-state index contributed by atoms with van der Waals surface area (Å²) in [6.45, 7) is 0. The van der Waals surface area contributed by atoms with Crippen molar-refractivity contribution in [3.8, 4) is 0 Å². The van der Waals surface area contributed by atoms with Gasteiger partial charge >= 0.3 is 0 Å². The number of ketones is 1. The van der Waals surface area contributed by atoms with Gasteiger partial charge < -0.3 is 10.4 Å². The van der Waals surface area contributed by atoms with Gasteiger partial charge in [0.2, 0.25) is 0 Å². The third-order valence-corrected chi connectivity index (χ3v) is 3.41. The third-order valence-electron chi connectivity index (χ3n) is 3.41. The zero-order chi connectivity index (χ0) is 15.3. The van der Waals surface area contributed by atoms with Crippen molar-refractivity contribution in [3.63, 3.8) is 0 Å². The van der Waals surface area contributed by atoms with E-state index in [0.717, 1.165) is 0 Å². The highest BCUT2D eigenvalue weighted by molar-refractivity contribution is 6.19. The van der Waals surface area contributed by atoms with Crippen LogP contribution in [0.1, 0.15) is 15.9 Å². The summed E-state index contributed by atoms with van der Waals surface area (Å²) >= 11 is 0. The lowest BCUT2D eigenvalue weighted by Gasteiger charge is -2.02. The molecular weight excluding hydrogens is 288 g/mol. The Labute approximate surface area is 121 Å². The molecule has 0 atom stereocenters. The van der Waals surface area contributed by atoms with E-state index in [2.05, 4.69) is 20.6 Å². The summed E-state index contributed by atoms with van der Waals surface area (Å²) in [6, 6.07) is 9.60. The smallest absolute Gasteiger partial charge is 0.197 e. The highest BCUT2D eigenvalue weighted by Crippen LogP contribution is 2.22. The molecule has 2 aromatic carbocycles. The van der Waals surface area contributed by atoms with Gasteiger partial charge in [-0.1, -0.05) is 21.8 Å². The van der Waals surface area contributed by atoms with E-state index in [1.54, 1.807) is 36.4 Å². The summed E-state index contributed by atoms with van der Waals surface area (Å²) in [7, 11) is 0. The van der Waals surface area contributed by atoms with Crippen LogP contribution >= 0.6 is 0 Å². The number of carbonyl (C=O) groups is 1. The summed E-state index contributed by atoms with van der Waals surface area (Å²) in [5.41, 5.74) is 1.76. The summed E-state index contributed by atoms with van der Waals surface area (Å²) < 4.78 is 0. The molecule has 22 heavy (non-hydrogen) atoms. The molecule has 0 amide bonds. The Hall–Kier alpha value is -3.49. The molecule has 2 aromatic heterocycles. The summed E-state index contributed by atoms with van der Waals surface area (Å²) in [5.74, 6) is -0.350. The van der Waals surface area contributed by atoms with Gasteiger partial charge in [-0.05, 0) is 34.7 Å². The molecule has 9 nitrogen and oxygen atoms in total. The lowest BCUT2D eigenvalue weighted by Crippen LogP contribution is -2.03. The van der Waals surface area contributed by atoms with Crippen molar-refractivity contribution in [2.24, 2.45) is 0 Å². The van der Waals surface area contributed by atoms with E-state index in [1.807, 2.05) is 0 Å². The number of hydrogen-bond donors (Lipinski definition) is 2. The molecule has 4 rings (SSSR count). The van der Waals surface area contributed by atoms with Crippen LogP contribution in [0.4, 0.5) is 0 Å². The van der Waals surface area contributed by atoms with Gasteiger partial charge in [-0.2, -0.15) is 0 Å². The summed E-state index contributed by atoms with van der Waals surface area (Å²) in [4.78, 5) is 14.0. The van der Waals surface area contributed by atoms with Gasteiger partial charge in [-0.25, -0.2) is 0 Å². The highest BCUT2D eigenvalue weighted by atomic mass is 16.5. The Balaban J connectivity index is 1.96. The monoisotopic (exact) mass is 296 g/mol. The maximum atomic E-state index is 12.8. The molecule has 0 spiro atoms. The topological polar surface area (TPSA) is 119 Å². The van der Waals surface area contributed by atoms with E-state index in [-0.39, 0.29) is 27.9 Å². The van der Waals surface area contributed by atoms with E-state index in [1.165, 1.54) is 0 Å².